The van der Waals surface area contributed by atoms with Crippen LogP contribution in [0.2, 0.25) is 5.02 Å². The second-order valence-electron chi connectivity index (χ2n) is 3.93. The zero-order chi connectivity index (χ0) is 13.1. The number of aryl methyl sites for hydroxylation is 1. The number of hydrogen-bond donors (Lipinski definition) is 2. The largest absolute Gasteiger partial charge is 0.368 e. The Bertz CT molecular complexity index is 568. The smallest absolute Gasteiger partial charge is 0.245 e. The average Bonchev–Trinajstić information content (AvgIpc) is 2.74. The molecule has 0 aliphatic carbocycles. The quantitative estimate of drug-likeness (QED) is 0.902. The second-order valence-corrected chi connectivity index (χ2v) is 5.28. The Labute approximate surface area is 115 Å². The summed E-state index contributed by atoms with van der Waals surface area (Å²) in [5.41, 5.74) is 7.21. The Morgan fingerprint density at radius 3 is 2.67 bits per heavy atom. The van der Waals surface area contributed by atoms with Gasteiger partial charge >= 0.3 is 0 Å². The monoisotopic (exact) mass is 280 g/mol. The van der Waals surface area contributed by atoms with Crippen LogP contribution in [0, 0.1) is 6.92 Å². The molecule has 0 saturated carbocycles. The lowest BCUT2D eigenvalue weighted by Gasteiger charge is -2.17. The molecule has 0 spiro atoms. The van der Waals surface area contributed by atoms with Crippen molar-refractivity contribution in [3.63, 3.8) is 0 Å². The van der Waals surface area contributed by atoms with Crippen LogP contribution >= 0.6 is 22.9 Å². The molecule has 0 bridgehead atoms. The number of hydrogen-bond acceptors (Lipinski definition) is 3. The molecule has 1 heterocycles. The highest BCUT2D eigenvalue weighted by Gasteiger charge is 2.21. The summed E-state index contributed by atoms with van der Waals surface area (Å²) in [6.07, 6.45) is 0. The summed E-state index contributed by atoms with van der Waals surface area (Å²) in [6, 6.07) is 8.69. The lowest BCUT2D eigenvalue weighted by molar-refractivity contribution is -0.118. The van der Waals surface area contributed by atoms with E-state index in [2.05, 4.69) is 5.32 Å². The SMILES string of the molecule is Cc1ccsc1C(Nc1ccccc1Cl)C(N)=O. The number of benzene rings is 1. The second kappa shape index (κ2) is 5.42. The first-order chi connectivity index (χ1) is 8.59. The van der Waals surface area contributed by atoms with Crippen LogP contribution in [0.5, 0.6) is 0 Å². The Hall–Kier alpha value is -1.52. The molecule has 2 rings (SSSR count). The maximum atomic E-state index is 11.6. The first-order valence-electron chi connectivity index (χ1n) is 5.44. The van der Waals surface area contributed by atoms with Gasteiger partial charge in [0.2, 0.25) is 5.91 Å². The molecule has 1 aromatic heterocycles. The van der Waals surface area contributed by atoms with Gasteiger partial charge in [-0.15, -0.1) is 11.3 Å². The summed E-state index contributed by atoms with van der Waals surface area (Å²) in [5.74, 6) is -0.416. The summed E-state index contributed by atoms with van der Waals surface area (Å²) in [5, 5.41) is 5.60. The number of rotatable bonds is 4. The minimum Gasteiger partial charge on any atom is -0.368 e. The molecule has 1 aromatic carbocycles. The third kappa shape index (κ3) is 2.66. The van der Waals surface area contributed by atoms with Gasteiger partial charge in [0.05, 0.1) is 10.7 Å². The molecule has 0 aliphatic rings. The van der Waals surface area contributed by atoms with Crippen LogP contribution < -0.4 is 11.1 Å². The fourth-order valence-corrected chi connectivity index (χ4v) is 2.85. The Balaban J connectivity index is 2.31. The molecule has 0 fully saturated rings. The number of primary amides is 1. The van der Waals surface area contributed by atoms with Gasteiger partial charge in [0.15, 0.2) is 0 Å². The standard InChI is InChI=1S/C13H13ClN2OS/c1-8-6-7-18-12(8)11(13(15)17)16-10-5-3-2-4-9(10)14/h2-7,11,16H,1H3,(H2,15,17). The zero-order valence-electron chi connectivity index (χ0n) is 9.81. The molecule has 0 saturated heterocycles. The van der Waals surface area contributed by atoms with Gasteiger partial charge in [0.25, 0.3) is 0 Å². The minimum absolute atomic E-state index is 0.416. The summed E-state index contributed by atoms with van der Waals surface area (Å²) < 4.78 is 0. The van der Waals surface area contributed by atoms with E-state index >= 15 is 0 Å². The van der Waals surface area contributed by atoms with E-state index in [9.17, 15) is 4.79 Å². The molecule has 3 nitrogen and oxygen atoms in total. The first kappa shape index (κ1) is 12.9. The zero-order valence-corrected chi connectivity index (χ0v) is 11.4. The number of halogens is 1. The third-order valence-electron chi connectivity index (χ3n) is 2.62. The molecule has 1 atom stereocenters. The Kier molecular flexibility index (Phi) is 3.89. The van der Waals surface area contributed by atoms with Crippen LogP contribution in [0.15, 0.2) is 35.7 Å². The normalized spacial score (nSPS) is 12.1. The highest BCUT2D eigenvalue weighted by atomic mass is 35.5. The van der Waals surface area contributed by atoms with Gasteiger partial charge in [0, 0.05) is 4.88 Å². The minimum atomic E-state index is -0.551. The molecule has 5 heteroatoms. The molecule has 0 aliphatic heterocycles. The number of para-hydroxylation sites is 1. The van der Waals surface area contributed by atoms with E-state index in [1.165, 1.54) is 11.3 Å². The lowest BCUT2D eigenvalue weighted by atomic mass is 10.1. The van der Waals surface area contributed by atoms with Gasteiger partial charge in [-0.25, -0.2) is 0 Å². The van der Waals surface area contributed by atoms with E-state index in [1.807, 2.05) is 36.6 Å². The van der Waals surface area contributed by atoms with Crippen molar-refractivity contribution in [1.82, 2.24) is 0 Å². The van der Waals surface area contributed by atoms with E-state index in [0.717, 1.165) is 10.4 Å². The van der Waals surface area contributed by atoms with Gasteiger partial charge in [-0.1, -0.05) is 23.7 Å². The molecule has 1 unspecified atom stereocenters. The Morgan fingerprint density at radius 1 is 1.39 bits per heavy atom. The van der Waals surface area contributed by atoms with Crippen molar-refractivity contribution >= 4 is 34.5 Å². The van der Waals surface area contributed by atoms with Gasteiger partial charge < -0.3 is 11.1 Å². The fraction of sp³-hybridized carbons (Fsp3) is 0.154. The number of nitrogens with one attached hydrogen (secondary N) is 1. The molecule has 0 radical (unpaired) electrons. The van der Waals surface area contributed by atoms with E-state index in [0.29, 0.717) is 10.7 Å². The van der Waals surface area contributed by atoms with Crippen molar-refractivity contribution in [2.45, 2.75) is 13.0 Å². The molecule has 3 N–H and O–H groups in total. The van der Waals surface area contributed by atoms with Crippen molar-refractivity contribution < 1.29 is 4.79 Å². The van der Waals surface area contributed by atoms with Crippen molar-refractivity contribution in [3.8, 4) is 0 Å². The van der Waals surface area contributed by atoms with Crippen LogP contribution in [0.4, 0.5) is 5.69 Å². The number of carbonyl (C=O) groups is 1. The van der Waals surface area contributed by atoms with Crippen molar-refractivity contribution in [1.29, 1.82) is 0 Å². The summed E-state index contributed by atoms with van der Waals surface area (Å²) in [6.45, 7) is 1.95. The number of nitrogens with two attached hydrogens (primary N) is 1. The van der Waals surface area contributed by atoms with Gasteiger partial charge in [-0.2, -0.15) is 0 Å². The fourth-order valence-electron chi connectivity index (χ4n) is 1.68. The topological polar surface area (TPSA) is 55.1 Å². The Morgan fingerprint density at radius 2 is 2.11 bits per heavy atom. The van der Waals surface area contributed by atoms with E-state index in [-0.39, 0.29) is 0 Å². The molecular weight excluding hydrogens is 268 g/mol. The van der Waals surface area contributed by atoms with E-state index in [4.69, 9.17) is 17.3 Å². The molecule has 2 aromatic rings. The lowest BCUT2D eigenvalue weighted by Crippen LogP contribution is -2.27. The van der Waals surface area contributed by atoms with Crippen molar-refractivity contribution in [3.05, 3.63) is 51.2 Å². The first-order valence-corrected chi connectivity index (χ1v) is 6.69. The van der Waals surface area contributed by atoms with Crippen LogP contribution in [0.3, 0.4) is 0 Å². The van der Waals surface area contributed by atoms with Crippen molar-refractivity contribution in [2.24, 2.45) is 5.73 Å². The molecule has 1 amide bonds. The third-order valence-corrected chi connectivity index (χ3v) is 4.04. The number of carbonyl (C=O) groups excluding carboxylic acids is 1. The summed E-state index contributed by atoms with van der Waals surface area (Å²) >= 11 is 7.57. The maximum Gasteiger partial charge on any atom is 0.245 e. The van der Waals surface area contributed by atoms with Gasteiger partial charge in [0.1, 0.15) is 6.04 Å². The van der Waals surface area contributed by atoms with E-state index < -0.39 is 11.9 Å². The number of anilines is 1. The van der Waals surface area contributed by atoms with Crippen LogP contribution in [-0.2, 0) is 4.79 Å². The van der Waals surface area contributed by atoms with Crippen LogP contribution in [-0.4, -0.2) is 5.91 Å². The van der Waals surface area contributed by atoms with Crippen molar-refractivity contribution in [2.75, 3.05) is 5.32 Å². The van der Waals surface area contributed by atoms with E-state index in [1.54, 1.807) is 6.07 Å². The maximum absolute atomic E-state index is 11.6. The number of amides is 1. The van der Waals surface area contributed by atoms with Gasteiger partial charge in [-0.05, 0) is 36.1 Å². The highest BCUT2D eigenvalue weighted by molar-refractivity contribution is 7.10. The molecule has 18 heavy (non-hydrogen) atoms. The molecular formula is C13H13ClN2OS. The number of thiophene rings is 1. The van der Waals surface area contributed by atoms with Crippen LogP contribution in [0.25, 0.3) is 0 Å². The van der Waals surface area contributed by atoms with Crippen LogP contribution in [0.1, 0.15) is 16.5 Å². The predicted molar refractivity (Wildman–Crippen MR) is 76.1 cm³/mol. The summed E-state index contributed by atoms with van der Waals surface area (Å²) in [4.78, 5) is 12.5. The molecule has 94 valence electrons. The van der Waals surface area contributed by atoms with Gasteiger partial charge in [-0.3, -0.25) is 4.79 Å². The predicted octanol–water partition coefficient (Wildman–Crippen LogP) is 3.35. The average molecular weight is 281 g/mol. The highest BCUT2D eigenvalue weighted by Crippen LogP contribution is 2.30. The summed E-state index contributed by atoms with van der Waals surface area (Å²) in [7, 11) is 0.